The van der Waals surface area contributed by atoms with Crippen molar-refractivity contribution >= 4 is 29.0 Å². The van der Waals surface area contributed by atoms with E-state index in [0.717, 1.165) is 31.1 Å². The molecule has 0 aliphatic carbocycles. The number of hydrogen-bond donors (Lipinski definition) is 0. The first-order valence-electron chi connectivity index (χ1n) is 7.41. The first-order chi connectivity index (χ1) is 10.7. The molecule has 0 radical (unpaired) electrons. The number of pyridine rings is 1. The molecule has 1 aliphatic rings. The van der Waals surface area contributed by atoms with Crippen molar-refractivity contribution in [2.45, 2.75) is 6.92 Å². The second-order valence-electron chi connectivity index (χ2n) is 5.30. The highest BCUT2D eigenvalue weighted by molar-refractivity contribution is 7.12. The van der Waals surface area contributed by atoms with Crippen molar-refractivity contribution in [2.24, 2.45) is 0 Å². The number of piperazine rings is 1. The van der Waals surface area contributed by atoms with Gasteiger partial charge in [-0.25, -0.2) is 0 Å². The maximum Gasteiger partial charge on any atom is 0.246 e. The van der Waals surface area contributed by atoms with Crippen LogP contribution in [0.25, 0.3) is 6.08 Å². The third-order valence-corrected chi connectivity index (χ3v) is 4.74. The fourth-order valence-corrected chi connectivity index (χ4v) is 3.32. The van der Waals surface area contributed by atoms with Gasteiger partial charge in [-0.3, -0.25) is 9.78 Å². The van der Waals surface area contributed by atoms with E-state index in [0.29, 0.717) is 0 Å². The standard InChI is InChI=1S/C17H19N3OS/c1-14-2-3-16(22-14)4-5-17(21)20-12-10-19(11-13-20)15-6-8-18-9-7-15/h2-9H,10-13H2,1H3/b5-4+. The lowest BCUT2D eigenvalue weighted by Crippen LogP contribution is -2.48. The molecule has 0 atom stereocenters. The van der Waals surface area contributed by atoms with E-state index < -0.39 is 0 Å². The van der Waals surface area contributed by atoms with Crippen LogP contribution in [-0.4, -0.2) is 42.0 Å². The summed E-state index contributed by atoms with van der Waals surface area (Å²) in [6.07, 6.45) is 7.21. The predicted octanol–water partition coefficient (Wildman–Crippen LogP) is 2.81. The van der Waals surface area contributed by atoms with Gasteiger partial charge < -0.3 is 9.80 Å². The molecule has 114 valence electrons. The van der Waals surface area contributed by atoms with E-state index in [2.05, 4.69) is 22.9 Å². The van der Waals surface area contributed by atoms with Gasteiger partial charge in [-0.1, -0.05) is 0 Å². The van der Waals surface area contributed by atoms with Gasteiger partial charge in [0.05, 0.1) is 0 Å². The Labute approximate surface area is 134 Å². The quantitative estimate of drug-likeness (QED) is 0.818. The van der Waals surface area contributed by atoms with Crippen LogP contribution in [0.2, 0.25) is 0 Å². The molecule has 0 bridgehead atoms. The monoisotopic (exact) mass is 313 g/mol. The van der Waals surface area contributed by atoms with Gasteiger partial charge in [0.25, 0.3) is 0 Å². The minimum Gasteiger partial charge on any atom is -0.368 e. The second-order valence-corrected chi connectivity index (χ2v) is 6.62. The van der Waals surface area contributed by atoms with Crippen LogP contribution in [0.5, 0.6) is 0 Å². The summed E-state index contributed by atoms with van der Waals surface area (Å²) in [6.45, 7) is 5.31. The highest BCUT2D eigenvalue weighted by Gasteiger charge is 2.19. The van der Waals surface area contributed by atoms with Crippen LogP contribution >= 0.6 is 11.3 Å². The van der Waals surface area contributed by atoms with Gasteiger partial charge in [0.1, 0.15) is 0 Å². The highest BCUT2D eigenvalue weighted by atomic mass is 32.1. The summed E-state index contributed by atoms with van der Waals surface area (Å²) >= 11 is 1.70. The van der Waals surface area contributed by atoms with E-state index in [4.69, 9.17) is 0 Å². The van der Waals surface area contributed by atoms with Crippen LogP contribution in [0.1, 0.15) is 9.75 Å². The van der Waals surface area contributed by atoms with Crippen LogP contribution < -0.4 is 4.90 Å². The highest BCUT2D eigenvalue weighted by Crippen LogP contribution is 2.17. The van der Waals surface area contributed by atoms with Crippen LogP contribution in [0.15, 0.2) is 42.7 Å². The molecule has 3 heterocycles. The molecule has 2 aromatic rings. The van der Waals surface area contributed by atoms with Gasteiger partial charge >= 0.3 is 0 Å². The second kappa shape index (κ2) is 6.75. The fraction of sp³-hybridized carbons (Fsp3) is 0.294. The number of amides is 1. The Hall–Kier alpha value is -2.14. The summed E-state index contributed by atoms with van der Waals surface area (Å²) in [6, 6.07) is 8.14. The minimum atomic E-state index is 0.0976. The van der Waals surface area contributed by atoms with Crippen LogP contribution in [0.4, 0.5) is 5.69 Å². The summed E-state index contributed by atoms with van der Waals surface area (Å²) in [5.74, 6) is 0.0976. The third-order valence-electron chi connectivity index (χ3n) is 3.77. The number of nitrogens with zero attached hydrogens (tertiary/aromatic N) is 3. The number of hydrogen-bond acceptors (Lipinski definition) is 4. The van der Waals surface area contributed by atoms with E-state index in [-0.39, 0.29) is 5.91 Å². The lowest BCUT2D eigenvalue weighted by molar-refractivity contribution is -0.126. The average Bonchev–Trinajstić information content (AvgIpc) is 2.99. The third kappa shape index (κ3) is 3.54. The zero-order chi connectivity index (χ0) is 15.4. The van der Waals surface area contributed by atoms with E-state index >= 15 is 0 Å². The van der Waals surface area contributed by atoms with Gasteiger partial charge in [-0.2, -0.15) is 0 Å². The minimum absolute atomic E-state index is 0.0976. The molecule has 4 nitrogen and oxygen atoms in total. The number of anilines is 1. The SMILES string of the molecule is Cc1ccc(/C=C/C(=O)N2CCN(c3ccncc3)CC2)s1. The van der Waals surface area contributed by atoms with Crippen molar-refractivity contribution in [3.05, 3.63) is 52.5 Å². The summed E-state index contributed by atoms with van der Waals surface area (Å²) in [7, 11) is 0. The smallest absolute Gasteiger partial charge is 0.246 e. The number of aryl methyl sites for hydroxylation is 1. The van der Waals surface area contributed by atoms with Crippen molar-refractivity contribution in [3.63, 3.8) is 0 Å². The van der Waals surface area contributed by atoms with Gasteiger partial charge in [0.15, 0.2) is 0 Å². The van der Waals surface area contributed by atoms with Crippen LogP contribution in [-0.2, 0) is 4.79 Å². The molecule has 22 heavy (non-hydrogen) atoms. The maximum atomic E-state index is 12.2. The van der Waals surface area contributed by atoms with E-state index in [9.17, 15) is 4.79 Å². The van der Waals surface area contributed by atoms with Crippen molar-refractivity contribution in [3.8, 4) is 0 Å². The normalized spacial score (nSPS) is 15.5. The number of thiophene rings is 1. The Kier molecular flexibility index (Phi) is 4.53. The topological polar surface area (TPSA) is 36.4 Å². The summed E-state index contributed by atoms with van der Waals surface area (Å²) < 4.78 is 0. The Morgan fingerprint density at radius 2 is 1.86 bits per heavy atom. The van der Waals surface area contributed by atoms with Crippen molar-refractivity contribution in [1.82, 2.24) is 9.88 Å². The summed E-state index contributed by atoms with van der Waals surface area (Å²) in [4.78, 5) is 22.9. The van der Waals surface area contributed by atoms with E-state index in [1.165, 1.54) is 10.6 Å². The van der Waals surface area contributed by atoms with Crippen LogP contribution in [0.3, 0.4) is 0 Å². The van der Waals surface area contributed by atoms with Gasteiger partial charge in [-0.05, 0) is 37.3 Å². The van der Waals surface area contributed by atoms with Crippen LogP contribution in [0, 0.1) is 6.92 Å². The first kappa shape index (κ1) is 14.8. The lowest BCUT2D eigenvalue weighted by atomic mass is 10.2. The van der Waals surface area contributed by atoms with Crippen molar-refractivity contribution in [1.29, 1.82) is 0 Å². The van der Waals surface area contributed by atoms with Crippen molar-refractivity contribution < 1.29 is 4.79 Å². The average molecular weight is 313 g/mol. The molecular formula is C17H19N3OS. The Bertz CT molecular complexity index is 658. The molecule has 0 N–H and O–H groups in total. The molecule has 5 heteroatoms. The molecule has 0 unspecified atom stereocenters. The number of carbonyl (C=O) groups excluding carboxylic acids is 1. The Balaban J connectivity index is 1.55. The molecule has 0 saturated carbocycles. The molecule has 1 amide bonds. The number of rotatable bonds is 3. The van der Waals surface area contributed by atoms with Gasteiger partial charge in [0, 0.05) is 60.1 Å². The summed E-state index contributed by atoms with van der Waals surface area (Å²) in [5.41, 5.74) is 1.17. The first-order valence-corrected chi connectivity index (χ1v) is 8.22. The molecule has 0 aromatic carbocycles. The molecule has 3 rings (SSSR count). The zero-order valence-corrected chi connectivity index (χ0v) is 13.4. The van der Waals surface area contributed by atoms with Gasteiger partial charge in [-0.15, -0.1) is 11.3 Å². The maximum absolute atomic E-state index is 12.2. The molecule has 1 fully saturated rings. The molecule has 2 aromatic heterocycles. The predicted molar refractivity (Wildman–Crippen MR) is 91.1 cm³/mol. The van der Waals surface area contributed by atoms with Crippen molar-refractivity contribution in [2.75, 3.05) is 31.1 Å². The number of aromatic nitrogens is 1. The van der Waals surface area contributed by atoms with E-state index in [1.807, 2.05) is 29.2 Å². The lowest BCUT2D eigenvalue weighted by Gasteiger charge is -2.35. The molecule has 1 aliphatic heterocycles. The molecule has 1 saturated heterocycles. The fourth-order valence-electron chi connectivity index (χ4n) is 2.54. The molecular weight excluding hydrogens is 294 g/mol. The molecule has 0 spiro atoms. The Morgan fingerprint density at radius 3 is 2.50 bits per heavy atom. The number of carbonyl (C=O) groups is 1. The van der Waals surface area contributed by atoms with Gasteiger partial charge in [0.2, 0.25) is 5.91 Å². The Morgan fingerprint density at radius 1 is 1.14 bits per heavy atom. The zero-order valence-electron chi connectivity index (χ0n) is 12.6. The van der Waals surface area contributed by atoms with E-state index in [1.54, 1.807) is 29.8 Å². The largest absolute Gasteiger partial charge is 0.368 e. The summed E-state index contributed by atoms with van der Waals surface area (Å²) in [5, 5.41) is 0.